The van der Waals surface area contributed by atoms with Gasteiger partial charge in [-0.1, -0.05) is 13.8 Å². The lowest BCUT2D eigenvalue weighted by Crippen LogP contribution is -2.41. The monoisotopic (exact) mass is 360 g/mol. The number of carbonyl (C=O) groups excluding carboxylic acids is 2. The smallest absolute Gasteiger partial charge is 0.220 e. The number of nitrogens with one attached hydrogen (secondary N) is 1. The molecule has 24 heavy (non-hydrogen) atoms. The van der Waals surface area contributed by atoms with E-state index in [0.29, 0.717) is 12.5 Å². The quantitative estimate of drug-likeness (QED) is 0.663. The molecule has 5 nitrogen and oxygen atoms in total. The first kappa shape index (κ1) is 22.3. The second-order valence-electron chi connectivity index (χ2n) is 5.90. The predicted octanol–water partition coefficient (Wildman–Crippen LogP) is 2.71. The molecule has 1 aromatic rings. The third-order valence-electron chi connectivity index (χ3n) is 3.46. The number of ether oxygens (including phenoxy) is 1. The summed E-state index contributed by atoms with van der Waals surface area (Å²) in [6, 6.07) is 3.93. The van der Waals surface area contributed by atoms with Crippen LogP contribution < -0.4 is 15.8 Å². The maximum absolute atomic E-state index is 13.6. The molecule has 136 valence electrons. The van der Waals surface area contributed by atoms with E-state index in [2.05, 4.69) is 19.2 Å². The van der Waals surface area contributed by atoms with Crippen LogP contribution in [-0.2, 0) is 4.79 Å². The van der Waals surface area contributed by atoms with E-state index in [1.165, 1.54) is 19.2 Å². The zero-order valence-corrected chi connectivity index (χ0v) is 15.1. The van der Waals surface area contributed by atoms with Crippen LogP contribution in [0.5, 0.6) is 5.75 Å². The van der Waals surface area contributed by atoms with Crippen LogP contribution in [0.1, 0.15) is 43.5 Å². The molecule has 0 aliphatic rings. The van der Waals surface area contributed by atoms with Crippen molar-refractivity contribution in [2.24, 2.45) is 11.7 Å². The molecular formula is C17H26ClFN2O3. The summed E-state index contributed by atoms with van der Waals surface area (Å²) in [6.07, 6.45) is 0.873. The normalized spacial score (nSPS) is 11.6. The molecule has 0 aliphatic carbocycles. The average molecular weight is 361 g/mol. The Kier molecular flexibility index (Phi) is 10.2. The van der Waals surface area contributed by atoms with Crippen molar-refractivity contribution in [3.63, 3.8) is 0 Å². The van der Waals surface area contributed by atoms with E-state index in [-0.39, 0.29) is 54.3 Å². The maximum atomic E-state index is 13.6. The van der Waals surface area contributed by atoms with Gasteiger partial charge in [-0.25, -0.2) is 4.39 Å². The zero-order chi connectivity index (χ0) is 17.4. The van der Waals surface area contributed by atoms with Gasteiger partial charge in [0.1, 0.15) is 0 Å². The summed E-state index contributed by atoms with van der Waals surface area (Å²) in [5.41, 5.74) is 5.86. The van der Waals surface area contributed by atoms with Crippen molar-refractivity contribution in [1.29, 1.82) is 0 Å². The van der Waals surface area contributed by atoms with Crippen LogP contribution in [0.25, 0.3) is 0 Å². The summed E-state index contributed by atoms with van der Waals surface area (Å²) < 4.78 is 18.4. The van der Waals surface area contributed by atoms with Gasteiger partial charge < -0.3 is 15.8 Å². The van der Waals surface area contributed by atoms with Gasteiger partial charge in [0, 0.05) is 31.0 Å². The fourth-order valence-electron chi connectivity index (χ4n) is 2.29. The number of nitrogens with two attached hydrogens (primary N) is 1. The van der Waals surface area contributed by atoms with Gasteiger partial charge >= 0.3 is 0 Å². The number of methoxy groups -OCH3 is 1. The third kappa shape index (κ3) is 7.27. The number of hydrogen-bond acceptors (Lipinski definition) is 4. The molecular weight excluding hydrogens is 335 g/mol. The van der Waals surface area contributed by atoms with E-state index >= 15 is 0 Å². The van der Waals surface area contributed by atoms with Gasteiger partial charge in [-0.05, 0) is 30.5 Å². The van der Waals surface area contributed by atoms with Crippen molar-refractivity contribution in [1.82, 2.24) is 5.32 Å². The number of rotatable bonds is 9. The molecule has 0 saturated heterocycles. The Bertz CT molecular complexity index is 553. The topological polar surface area (TPSA) is 81.4 Å². The Morgan fingerprint density at radius 1 is 1.29 bits per heavy atom. The lowest BCUT2D eigenvalue weighted by molar-refractivity contribution is -0.121. The van der Waals surface area contributed by atoms with E-state index in [9.17, 15) is 14.0 Å². The maximum Gasteiger partial charge on any atom is 0.220 e. The van der Waals surface area contributed by atoms with E-state index in [0.717, 1.165) is 12.5 Å². The highest BCUT2D eigenvalue weighted by Crippen LogP contribution is 2.18. The minimum atomic E-state index is -0.595. The van der Waals surface area contributed by atoms with Crippen LogP contribution in [0, 0.1) is 11.7 Å². The van der Waals surface area contributed by atoms with Crippen molar-refractivity contribution < 1.29 is 18.7 Å². The number of benzene rings is 1. The van der Waals surface area contributed by atoms with Crippen LogP contribution in [-0.4, -0.2) is 31.4 Å². The summed E-state index contributed by atoms with van der Waals surface area (Å²) in [6.45, 7) is 4.47. The highest BCUT2D eigenvalue weighted by atomic mass is 35.5. The van der Waals surface area contributed by atoms with Crippen molar-refractivity contribution in [3.8, 4) is 5.75 Å². The van der Waals surface area contributed by atoms with Crippen molar-refractivity contribution in [2.75, 3.05) is 13.7 Å². The largest absolute Gasteiger partial charge is 0.494 e. The average Bonchev–Trinajstić information content (AvgIpc) is 2.51. The summed E-state index contributed by atoms with van der Waals surface area (Å²) >= 11 is 0. The van der Waals surface area contributed by atoms with E-state index in [1.807, 2.05) is 0 Å². The van der Waals surface area contributed by atoms with Gasteiger partial charge in [-0.15, -0.1) is 12.4 Å². The Hall–Kier alpha value is -1.66. The fraction of sp³-hybridized carbons (Fsp3) is 0.529. The Labute approximate surface area is 148 Å². The predicted molar refractivity (Wildman–Crippen MR) is 94.2 cm³/mol. The van der Waals surface area contributed by atoms with Gasteiger partial charge in [0.25, 0.3) is 0 Å². The zero-order valence-electron chi connectivity index (χ0n) is 14.3. The highest BCUT2D eigenvalue weighted by Gasteiger charge is 2.15. The third-order valence-corrected chi connectivity index (χ3v) is 3.46. The van der Waals surface area contributed by atoms with Crippen LogP contribution >= 0.6 is 12.4 Å². The lowest BCUT2D eigenvalue weighted by Gasteiger charge is -2.18. The fourth-order valence-corrected chi connectivity index (χ4v) is 2.29. The summed E-state index contributed by atoms with van der Waals surface area (Å²) in [5.74, 6) is -0.590. The Balaban J connectivity index is 0.00000529. The molecule has 1 aromatic carbocycles. The number of amides is 1. The second kappa shape index (κ2) is 11.0. The molecule has 0 aliphatic heterocycles. The molecule has 1 unspecified atom stereocenters. The van der Waals surface area contributed by atoms with Gasteiger partial charge in [-0.3, -0.25) is 9.59 Å². The molecule has 0 saturated carbocycles. The van der Waals surface area contributed by atoms with Gasteiger partial charge in [0.15, 0.2) is 17.3 Å². The molecule has 0 bridgehead atoms. The van der Waals surface area contributed by atoms with E-state index < -0.39 is 5.82 Å². The summed E-state index contributed by atoms with van der Waals surface area (Å²) in [5, 5.41) is 2.82. The molecule has 0 fully saturated rings. The van der Waals surface area contributed by atoms with Crippen LogP contribution in [0.3, 0.4) is 0 Å². The highest BCUT2D eigenvalue weighted by molar-refractivity contribution is 5.98. The first-order chi connectivity index (χ1) is 10.9. The SMILES string of the molecule is COc1ccc(C(=O)CCC(=O)NC(CN)CC(C)C)cc1F.Cl. The molecule has 0 heterocycles. The molecule has 3 N–H and O–H groups in total. The van der Waals surface area contributed by atoms with Crippen molar-refractivity contribution in [3.05, 3.63) is 29.6 Å². The summed E-state index contributed by atoms with van der Waals surface area (Å²) in [4.78, 5) is 23.9. The molecule has 0 radical (unpaired) electrons. The first-order valence-corrected chi connectivity index (χ1v) is 7.73. The molecule has 1 amide bonds. The Morgan fingerprint density at radius 3 is 2.46 bits per heavy atom. The first-order valence-electron chi connectivity index (χ1n) is 7.73. The lowest BCUT2D eigenvalue weighted by atomic mass is 10.0. The van der Waals surface area contributed by atoms with Gasteiger partial charge in [-0.2, -0.15) is 0 Å². The number of Topliss-reactive ketones (excluding diaryl/α,β-unsaturated/α-hetero) is 1. The molecule has 1 rings (SSSR count). The van der Waals surface area contributed by atoms with Crippen molar-refractivity contribution in [2.45, 2.75) is 39.2 Å². The summed E-state index contributed by atoms with van der Waals surface area (Å²) in [7, 11) is 1.36. The van der Waals surface area contributed by atoms with Crippen LogP contribution in [0.2, 0.25) is 0 Å². The molecule has 0 aromatic heterocycles. The van der Waals surface area contributed by atoms with Crippen LogP contribution in [0.4, 0.5) is 4.39 Å². The van der Waals surface area contributed by atoms with E-state index in [4.69, 9.17) is 10.5 Å². The molecule has 0 spiro atoms. The number of ketones is 1. The van der Waals surface area contributed by atoms with Crippen molar-refractivity contribution >= 4 is 24.1 Å². The van der Waals surface area contributed by atoms with Gasteiger partial charge in [0.2, 0.25) is 5.91 Å². The minimum Gasteiger partial charge on any atom is -0.494 e. The van der Waals surface area contributed by atoms with E-state index in [1.54, 1.807) is 0 Å². The van der Waals surface area contributed by atoms with Gasteiger partial charge in [0.05, 0.1) is 7.11 Å². The standard InChI is InChI=1S/C17H25FN2O3.ClH/c1-11(2)8-13(10-19)20-17(22)7-5-15(21)12-4-6-16(23-3)14(18)9-12;/h4,6,9,11,13H,5,7-8,10,19H2,1-3H3,(H,20,22);1H. The number of halogens is 2. The Morgan fingerprint density at radius 2 is 1.96 bits per heavy atom. The van der Waals surface area contributed by atoms with Crippen LogP contribution in [0.15, 0.2) is 18.2 Å². The second-order valence-corrected chi connectivity index (χ2v) is 5.90. The molecule has 7 heteroatoms. The molecule has 1 atom stereocenters. The minimum absolute atomic E-state index is 0. The number of carbonyl (C=O) groups is 2. The number of hydrogen-bond donors (Lipinski definition) is 2.